The number of halogens is 3. The summed E-state index contributed by atoms with van der Waals surface area (Å²) < 4.78 is 46.9. The summed E-state index contributed by atoms with van der Waals surface area (Å²) in [6.45, 7) is 6.68. The number of ether oxygens (including phenoxy) is 1. The van der Waals surface area contributed by atoms with Crippen LogP contribution in [0.25, 0.3) is 10.8 Å². The smallest absolute Gasteiger partial charge is 0.420 e. The molecule has 0 saturated heterocycles. The molecule has 1 fully saturated rings. The van der Waals surface area contributed by atoms with Crippen molar-refractivity contribution in [2.45, 2.75) is 58.7 Å². The Balaban J connectivity index is 1.85. The van der Waals surface area contributed by atoms with E-state index < -0.39 is 11.7 Å². The van der Waals surface area contributed by atoms with Gasteiger partial charge in [0.15, 0.2) is 0 Å². The van der Waals surface area contributed by atoms with Crippen molar-refractivity contribution in [3.63, 3.8) is 0 Å². The van der Waals surface area contributed by atoms with Crippen molar-refractivity contribution in [3.05, 3.63) is 42.0 Å². The lowest BCUT2D eigenvalue weighted by Gasteiger charge is -2.37. The number of rotatable bonds is 2. The van der Waals surface area contributed by atoms with E-state index in [4.69, 9.17) is 4.74 Å². The molecule has 0 aromatic heterocycles. The van der Waals surface area contributed by atoms with E-state index >= 15 is 0 Å². The number of alkyl halides is 3. The molecule has 1 aliphatic rings. The van der Waals surface area contributed by atoms with E-state index in [0.29, 0.717) is 11.3 Å². The zero-order valence-corrected chi connectivity index (χ0v) is 15.0. The Hall–Kier alpha value is -1.71. The fourth-order valence-corrected chi connectivity index (χ4v) is 3.87. The topological polar surface area (TPSA) is 9.23 Å². The van der Waals surface area contributed by atoms with Gasteiger partial charge in [-0.1, -0.05) is 51.1 Å². The average Bonchev–Trinajstić information content (AvgIpc) is 2.53. The highest BCUT2D eigenvalue weighted by atomic mass is 19.4. The first-order valence-electron chi connectivity index (χ1n) is 8.92. The molecule has 136 valence electrons. The normalized spacial score (nSPS) is 22.2. The van der Waals surface area contributed by atoms with Gasteiger partial charge in [0, 0.05) is 0 Å². The largest absolute Gasteiger partial charge is 0.490 e. The van der Waals surface area contributed by atoms with Gasteiger partial charge in [-0.3, -0.25) is 0 Å². The van der Waals surface area contributed by atoms with Crippen LogP contribution < -0.4 is 4.74 Å². The van der Waals surface area contributed by atoms with Crippen LogP contribution in [-0.2, 0) is 6.18 Å². The molecule has 0 aliphatic heterocycles. The highest BCUT2D eigenvalue weighted by Crippen LogP contribution is 2.43. The maximum Gasteiger partial charge on any atom is 0.420 e. The first-order chi connectivity index (χ1) is 11.7. The Morgan fingerprint density at radius 3 is 2.12 bits per heavy atom. The molecule has 1 nitrogen and oxygen atoms in total. The molecule has 0 bridgehead atoms. The first kappa shape index (κ1) is 18.1. The van der Waals surface area contributed by atoms with Crippen LogP contribution in [-0.4, -0.2) is 6.10 Å². The van der Waals surface area contributed by atoms with E-state index in [-0.39, 0.29) is 22.7 Å². The Morgan fingerprint density at radius 2 is 1.52 bits per heavy atom. The predicted octanol–water partition coefficient (Wildman–Crippen LogP) is 6.84. The number of hydrogen-bond donors (Lipinski definition) is 0. The molecular weight excluding hydrogens is 325 g/mol. The predicted molar refractivity (Wildman–Crippen MR) is 94.8 cm³/mol. The lowest BCUT2D eigenvalue weighted by Crippen LogP contribution is -2.31. The van der Waals surface area contributed by atoms with Gasteiger partial charge in [-0.15, -0.1) is 0 Å². The molecule has 0 heterocycles. The van der Waals surface area contributed by atoms with E-state index in [9.17, 15) is 13.2 Å². The Bertz CT molecular complexity index is 735. The summed E-state index contributed by atoms with van der Waals surface area (Å²) >= 11 is 0. The van der Waals surface area contributed by atoms with Gasteiger partial charge < -0.3 is 4.74 Å². The molecule has 1 aliphatic carbocycles. The molecule has 1 saturated carbocycles. The minimum absolute atomic E-state index is 0.0367. The van der Waals surface area contributed by atoms with Gasteiger partial charge in [-0.2, -0.15) is 13.2 Å². The Morgan fingerprint density at radius 1 is 0.880 bits per heavy atom. The maximum atomic E-state index is 13.7. The van der Waals surface area contributed by atoms with Crippen molar-refractivity contribution >= 4 is 10.8 Å². The van der Waals surface area contributed by atoms with Crippen LogP contribution in [0.15, 0.2) is 36.4 Å². The van der Waals surface area contributed by atoms with Crippen LogP contribution in [0.5, 0.6) is 5.75 Å². The standard InChI is InChI=1S/C21H25F3O/c1-20(2,3)15-9-11-16(12-10-15)25-18-13-8-14-6-4-5-7-17(14)19(18)21(22,23)24/h4-8,13,15-16H,9-12H2,1-3H3. The highest BCUT2D eigenvalue weighted by molar-refractivity contribution is 5.88. The molecule has 0 spiro atoms. The van der Waals surface area contributed by atoms with Crippen LogP contribution >= 0.6 is 0 Å². The third kappa shape index (κ3) is 3.94. The molecule has 3 rings (SSSR count). The Labute approximate surface area is 147 Å². The second-order valence-electron chi connectivity index (χ2n) is 8.12. The molecule has 2 aromatic rings. The highest BCUT2D eigenvalue weighted by Gasteiger charge is 2.38. The zero-order valence-electron chi connectivity index (χ0n) is 15.0. The second-order valence-corrected chi connectivity index (χ2v) is 8.12. The van der Waals surface area contributed by atoms with Crippen molar-refractivity contribution in [3.8, 4) is 5.75 Å². The van der Waals surface area contributed by atoms with Crippen LogP contribution in [0.3, 0.4) is 0 Å². The number of hydrogen-bond acceptors (Lipinski definition) is 1. The molecule has 0 radical (unpaired) electrons. The van der Waals surface area contributed by atoms with Crippen molar-refractivity contribution in [1.82, 2.24) is 0 Å². The van der Waals surface area contributed by atoms with Crippen LogP contribution in [0.2, 0.25) is 0 Å². The molecule has 2 aromatic carbocycles. The first-order valence-corrected chi connectivity index (χ1v) is 8.92. The van der Waals surface area contributed by atoms with E-state index in [0.717, 1.165) is 25.7 Å². The lowest BCUT2D eigenvalue weighted by atomic mass is 9.72. The molecule has 25 heavy (non-hydrogen) atoms. The van der Waals surface area contributed by atoms with E-state index in [1.54, 1.807) is 24.3 Å². The summed E-state index contributed by atoms with van der Waals surface area (Å²) in [7, 11) is 0. The van der Waals surface area contributed by atoms with Crippen LogP contribution in [0.4, 0.5) is 13.2 Å². The van der Waals surface area contributed by atoms with Gasteiger partial charge in [0.05, 0.1) is 6.10 Å². The quantitative estimate of drug-likeness (QED) is 0.576. The van der Waals surface area contributed by atoms with Crippen LogP contribution in [0.1, 0.15) is 52.0 Å². The SMILES string of the molecule is CC(C)(C)C1CCC(Oc2ccc3ccccc3c2C(F)(F)F)CC1. The molecular formula is C21H25F3O. The summed E-state index contributed by atoms with van der Waals surface area (Å²) in [5.41, 5.74) is -0.408. The monoisotopic (exact) mass is 350 g/mol. The summed E-state index contributed by atoms with van der Waals surface area (Å²) in [5.74, 6) is 0.566. The van der Waals surface area contributed by atoms with Gasteiger partial charge in [0.2, 0.25) is 0 Å². The van der Waals surface area contributed by atoms with Gasteiger partial charge in [-0.25, -0.2) is 0 Å². The van der Waals surface area contributed by atoms with E-state index in [1.807, 2.05) is 0 Å². The van der Waals surface area contributed by atoms with E-state index in [1.165, 1.54) is 12.1 Å². The average molecular weight is 350 g/mol. The Kier molecular flexibility index (Phi) is 4.74. The molecule has 0 atom stereocenters. The van der Waals surface area contributed by atoms with Gasteiger partial charge in [0.1, 0.15) is 11.3 Å². The molecule has 0 amide bonds. The summed E-state index contributed by atoms with van der Waals surface area (Å²) in [6, 6.07) is 9.78. The van der Waals surface area contributed by atoms with Gasteiger partial charge in [-0.05, 0) is 53.9 Å². The third-order valence-corrected chi connectivity index (χ3v) is 5.37. The number of benzene rings is 2. The summed E-state index contributed by atoms with van der Waals surface area (Å²) in [4.78, 5) is 0. The van der Waals surface area contributed by atoms with Crippen molar-refractivity contribution in [2.75, 3.05) is 0 Å². The minimum Gasteiger partial charge on any atom is -0.490 e. The third-order valence-electron chi connectivity index (χ3n) is 5.37. The maximum absolute atomic E-state index is 13.7. The number of fused-ring (bicyclic) bond motifs is 1. The van der Waals surface area contributed by atoms with Crippen LogP contribution in [0, 0.1) is 11.3 Å². The van der Waals surface area contributed by atoms with E-state index in [2.05, 4.69) is 20.8 Å². The van der Waals surface area contributed by atoms with Gasteiger partial charge in [0.25, 0.3) is 0 Å². The second kappa shape index (κ2) is 6.54. The summed E-state index contributed by atoms with van der Waals surface area (Å²) in [5, 5.41) is 0.787. The molecule has 0 N–H and O–H groups in total. The van der Waals surface area contributed by atoms with Crippen molar-refractivity contribution < 1.29 is 17.9 Å². The fourth-order valence-electron chi connectivity index (χ4n) is 3.87. The minimum atomic E-state index is -4.43. The molecule has 0 unspecified atom stereocenters. The molecule has 4 heteroatoms. The van der Waals surface area contributed by atoms with Gasteiger partial charge >= 0.3 is 6.18 Å². The van der Waals surface area contributed by atoms with Crippen molar-refractivity contribution in [1.29, 1.82) is 0 Å². The lowest BCUT2D eigenvalue weighted by molar-refractivity contribution is -0.138. The fraction of sp³-hybridized carbons (Fsp3) is 0.524. The zero-order chi connectivity index (χ0) is 18.2. The van der Waals surface area contributed by atoms with Crippen molar-refractivity contribution in [2.24, 2.45) is 11.3 Å². The summed E-state index contributed by atoms with van der Waals surface area (Å²) in [6.07, 6.45) is -0.941.